The average molecular weight is 383 g/mol. The van der Waals surface area contributed by atoms with Crippen LogP contribution in [0.15, 0.2) is 48.5 Å². The number of rotatable bonds is 4. The topological polar surface area (TPSA) is 40.6 Å². The molecule has 2 heterocycles. The van der Waals surface area contributed by atoms with E-state index in [1.165, 1.54) is 5.56 Å². The average Bonchev–Trinajstić information content (AvgIpc) is 3.13. The van der Waals surface area contributed by atoms with Crippen LogP contribution in [0.3, 0.4) is 0 Å². The molecule has 2 aromatic carbocycles. The van der Waals surface area contributed by atoms with Crippen LogP contribution in [0.2, 0.25) is 5.02 Å². The molecule has 0 radical (unpaired) electrons. The smallest absolute Gasteiger partial charge is 0.241 e. The zero-order chi connectivity index (χ0) is 18.8. The molecule has 4 nitrogen and oxygen atoms in total. The second-order valence-corrected chi connectivity index (χ2v) is 7.78. The van der Waals surface area contributed by atoms with Gasteiger partial charge in [0.25, 0.3) is 0 Å². The number of para-hydroxylation sites is 1. The molecule has 2 aliphatic rings. The molecule has 0 N–H and O–H groups in total. The van der Waals surface area contributed by atoms with Crippen molar-refractivity contribution < 1.29 is 9.59 Å². The van der Waals surface area contributed by atoms with E-state index in [9.17, 15) is 9.59 Å². The summed E-state index contributed by atoms with van der Waals surface area (Å²) in [5.74, 6) is 0.374. The number of carbonyl (C=O) groups excluding carboxylic acids is 2. The van der Waals surface area contributed by atoms with E-state index in [4.69, 9.17) is 11.6 Å². The summed E-state index contributed by atoms with van der Waals surface area (Å²) in [6.07, 6.45) is 2.52. The normalized spacial score (nSPS) is 17.7. The largest absolute Gasteiger partial charge is 0.311 e. The van der Waals surface area contributed by atoms with Crippen molar-refractivity contribution in [2.24, 2.45) is 5.92 Å². The van der Waals surface area contributed by atoms with E-state index in [1.807, 2.05) is 23.1 Å². The van der Waals surface area contributed by atoms with Gasteiger partial charge < -0.3 is 4.90 Å². The Hall–Kier alpha value is -2.17. The number of ketones is 1. The van der Waals surface area contributed by atoms with Crippen molar-refractivity contribution in [1.29, 1.82) is 0 Å². The predicted molar refractivity (Wildman–Crippen MR) is 107 cm³/mol. The molecule has 2 aromatic rings. The highest BCUT2D eigenvalue weighted by atomic mass is 35.5. The molecule has 5 heteroatoms. The summed E-state index contributed by atoms with van der Waals surface area (Å²) in [5, 5.41) is 0.642. The van der Waals surface area contributed by atoms with Crippen LogP contribution in [0.4, 0.5) is 5.69 Å². The Kier molecular flexibility index (Phi) is 5.28. The number of anilines is 1. The molecule has 0 aromatic heterocycles. The molecule has 0 unspecified atom stereocenters. The maximum atomic E-state index is 12.7. The number of nitrogens with zero attached hydrogens (tertiary/aromatic N) is 2. The second-order valence-electron chi connectivity index (χ2n) is 7.35. The first-order valence-corrected chi connectivity index (χ1v) is 9.90. The number of likely N-dealkylation sites (tertiary alicyclic amines) is 1. The first-order chi connectivity index (χ1) is 13.1. The lowest BCUT2D eigenvalue weighted by Gasteiger charge is -2.32. The Labute approximate surface area is 164 Å². The molecule has 0 aliphatic carbocycles. The highest BCUT2D eigenvalue weighted by molar-refractivity contribution is 6.30. The van der Waals surface area contributed by atoms with E-state index in [2.05, 4.69) is 11.0 Å². The quantitative estimate of drug-likeness (QED) is 0.755. The molecule has 0 bridgehead atoms. The zero-order valence-electron chi connectivity index (χ0n) is 15.2. The van der Waals surface area contributed by atoms with Crippen molar-refractivity contribution in [1.82, 2.24) is 4.90 Å². The molecular weight excluding hydrogens is 360 g/mol. The highest BCUT2D eigenvalue weighted by Gasteiger charge is 2.29. The number of hydrogen-bond acceptors (Lipinski definition) is 3. The molecule has 27 heavy (non-hydrogen) atoms. The second kappa shape index (κ2) is 7.83. The van der Waals surface area contributed by atoms with Crippen LogP contribution < -0.4 is 4.90 Å². The van der Waals surface area contributed by atoms with Gasteiger partial charge in [-0.25, -0.2) is 0 Å². The van der Waals surface area contributed by atoms with Crippen LogP contribution in [0, 0.1) is 5.92 Å². The molecule has 2 aliphatic heterocycles. The lowest BCUT2D eigenvalue weighted by atomic mass is 9.89. The molecule has 1 fully saturated rings. The number of hydrogen-bond donors (Lipinski definition) is 0. The van der Waals surface area contributed by atoms with Gasteiger partial charge in [0, 0.05) is 28.7 Å². The predicted octanol–water partition coefficient (Wildman–Crippen LogP) is 3.82. The van der Waals surface area contributed by atoms with Gasteiger partial charge in [0.2, 0.25) is 5.91 Å². The molecule has 0 saturated carbocycles. The fourth-order valence-electron chi connectivity index (χ4n) is 4.08. The number of piperidine rings is 1. The maximum absolute atomic E-state index is 12.7. The van der Waals surface area contributed by atoms with Crippen LogP contribution in [-0.4, -0.2) is 42.8 Å². The number of Topliss-reactive ketones (excluding diaryl/α,β-unsaturated/α-hetero) is 1. The summed E-state index contributed by atoms with van der Waals surface area (Å²) in [4.78, 5) is 29.5. The summed E-state index contributed by atoms with van der Waals surface area (Å²) >= 11 is 5.90. The molecule has 1 amide bonds. The summed E-state index contributed by atoms with van der Waals surface area (Å²) in [6.45, 7) is 2.76. The number of fused-ring (bicyclic) bond motifs is 1. The standard InChI is InChI=1S/C22H23ClN2O2/c23-19-7-5-17(6-8-19)22(27)18-9-12-24(13-10-18)15-21(26)25-14-11-16-3-1-2-4-20(16)25/h1-8,18H,9-15H2. The number of benzene rings is 2. The third-order valence-electron chi connectivity index (χ3n) is 5.63. The zero-order valence-corrected chi connectivity index (χ0v) is 16.0. The summed E-state index contributed by atoms with van der Waals surface area (Å²) in [5.41, 5.74) is 3.02. The van der Waals surface area contributed by atoms with Gasteiger partial charge in [0.15, 0.2) is 5.78 Å². The van der Waals surface area contributed by atoms with Crippen molar-refractivity contribution in [3.05, 3.63) is 64.7 Å². The Balaban J connectivity index is 1.31. The third kappa shape index (κ3) is 3.92. The van der Waals surface area contributed by atoms with E-state index in [0.29, 0.717) is 11.6 Å². The van der Waals surface area contributed by atoms with Gasteiger partial charge in [-0.1, -0.05) is 29.8 Å². The van der Waals surface area contributed by atoms with Crippen molar-refractivity contribution in [3.8, 4) is 0 Å². The van der Waals surface area contributed by atoms with Crippen LogP contribution >= 0.6 is 11.6 Å². The molecule has 1 saturated heterocycles. The highest BCUT2D eigenvalue weighted by Crippen LogP contribution is 2.28. The molecule has 0 atom stereocenters. The lowest BCUT2D eigenvalue weighted by molar-refractivity contribution is -0.119. The first kappa shape index (κ1) is 18.2. The fraction of sp³-hybridized carbons (Fsp3) is 0.364. The van der Waals surface area contributed by atoms with Gasteiger partial charge in [-0.2, -0.15) is 0 Å². The van der Waals surface area contributed by atoms with E-state index in [0.717, 1.165) is 50.1 Å². The Morgan fingerprint density at radius 1 is 0.963 bits per heavy atom. The van der Waals surface area contributed by atoms with Gasteiger partial charge in [0.05, 0.1) is 6.54 Å². The van der Waals surface area contributed by atoms with E-state index < -0.39 is 0 Å². The van der Waals surface area contributed by atoms with Gasteiger partial charge in [0.1, 0.15) is 0 Å². The monoisotopic (exact) mass is 382 g/mol. The van der Waals surface area contributed by atoms with Gasteiger partial charge in [-0.3, -0.25) is 14.5 Å². The van der Waals surface area contributed by atoms with Crippen LogP contribution in [0.5, 0.6) is 0 Å². The van der Waals surface area contributed by atoms with Crippen molar-refractivity contribution in [3.63, 3.8) is 0 Å². The Morgan fingerprint density at radius 3 is 2.41 bits per heavy atom. The van der Waals surface area contributed by atoms with Gasteiger partial charge in [-0.05, 0) is 68.2 Å². The summed E-state index contributed by atoms with van der Waals surface area (Å²) in [7, 11) is 0. The molecule has 4 rings (SSSR count). The fourth-order valence-corrected chi connectivity index (χ4v) is 4.20. The van der Waals surface area contributed by atoms with Crippen molar-refractivity contribution in [2.75, 3.05) is 31.1 Å². The van der Waals surface area contributed by atoms with Gasteiger partial charge >= 0.3 is 0 Å². The SMILES string of the molecule is O=C(c1ccc(Cl)cc1)C1CCN(CC(=O)N2CCc3ccccc32)CC1. The number of amides is 1. The molecule has 140 valence electrons. The van der Waals surface area contributed by atoms with E-state index in [1.54, 1.807) is 24.3 Å². The van der Waals surface area contributed by atoms with E-state index >= 15 is 0 Å². The van der Waals surface area contributed by atoms with Crippen molar-refractivity contribution in [2.45, 2.75) is 19.3 Å². The third-order valence-corrected chi connectivity index (χ3v) is 5.89. The summed E-state index contributed by atoms with van der Waals surface area (Å²) in [6, 6.07) is 15.2. The minimum Gasteiger partial charge on any atom is -0.311 e. The number of carbonyl (C=O) groups is 2. The minimum atomic E-state index is 0.0324. The Morgan fingerprint density at radius 2 is 1.67 bits per heavy atom. The summed E-state index contributed by atoms with van der Waals surface area (Å²) < 4.78 is 0. The van der Waals surface area contributed by atoms with Crippen LogP contribution in [-0.2, 0) is 11.2 Å². The first-order valence-electron chi connectivity index (χ1n) is 9.52. The number of halogens is 1. The van der Waals surface area contributed by atoms with Gasteiger partial charge in [-0.15, -0.1) is 0 Å². The molecule has 0 spiro atoms. The van der Waals surface area contributed by atoms with Crippen LogP contribution in [0.1, 0.15) is 28.8 Å². The minimum absolute atomic E-state index is 0.0324. The Bertz CT molecular complexity index is 842. The lowest BCUT2D eigenvalue weighted by Crippen LogP contribution is -2.44. The van der Waals surface area contributed by atoms with E-state index in [-0.39, 0.29) is 17.6 Å². The van der Waals surface area contributed by atoms with Crippen LogP contribution in [0.25, 0.3) is 0 Å². The van der Waals surface area contributed by atoms with Crippen molar-refractivity contribution >= 4 is 29.0 Å². The maximum Gasteiger partial charge on any atom is 0.241 e. The molecular formula is C22H23ClN2O2.